The second kappa shape index (κ2) is 3.27. The van der Waals surface area contributed by atoms with Crippen LogP contribution in [-0.2, 0) is 0 Å². The van der Waals surface area contributed by atoms with Gasteiger partial charge in [-0.1, -0.05) is 6.92 Å². The molecular formula is C9H15N3. The second-order valence-electron chi connectivity index (χ2n) is 3.52. The highest BCUT2D eigenvalue weighted by molar-refractivity contribution is 4.86. The van der Waals surface area contributed by atoms with Gasteiger partial charge in [0, 0.05) is 12.4 Å². The molecule has 0 amide bonds. The van der Waals surface area contributed by atoms with Crippen molar-refractivity contribution in [1.29, 1.82) is 0 Å². The van der Waals surface area contributed by atoms with Crippen LogP contribution in [0.25, 0.3) is 0 Å². The average Bonchev–Trinajstić information content (AvgIpc) is 2.57. The molecule has 0 aliphatic carbocycles. The molecule has 1 aromatic rings. The Balaban J connectivity index is 2.11. The zero-order chi connectivity index (χ0) is 8.39. The fourth-order valence-electron chi connectivity index (χ4n) is 1.87. The van der Waals surface area contributed by atoms with Crippen molar-refractivity contribution in [2.75, 3.05) is 13.1 Å². The van der Waals surface area contributed by atoms with Crippen molar-refractivity contribution in [3.05, 3.63) is 18.5 Å². The number of piperidine rings is 1. The Labute approximate surface area is 72.8 Å². The lowest BCUT2D eigenvalue weighted by atomic mass is 9.96. The molecule has 2 rings (SSSR count). The van der Waals surface area contributed by atoms with Crippen molar-refractivity contribution in [3.63, 3.8) is 0 Å². The normalized spacial score (nSPS) is 30.4. The minimum absolute atomic E-state index is 0.598. The predicted octanol–water partition coefficient (Wildman–Crippen LogP) is 1.05. The van der Waals surface area contributed by atoms with Crippen LogP contribution in [0.15, 0.2) is 18.5 Å². The zero-order valence-electron chi connectivity index (χ0n) is 7.40. The van der Waals surface area contributed by atoms with Crippen LogP contribution in [0.2, 0.25) is 0 Å². The molecular weight excluding hydrogens is 150 g/mol. The Morgan fingerprint density at radius 2 is 2.50 bits per heavy atom. The molecule has 3 heteroatoms. The summed E-state index contributed by atoms with van der Waals surface area (Å²) in [4.78, 5) is 0. The van der Waals surface area contributed by atoms with Crippen LogP contribution in [0.1, 0.15) is 19.4 Å². The first-order valence-electron chi connectivity index (χ1n) is 4.58. The molecule has 3 nitrogen and oxygen atoms in total. The van der Waals surface area contributed by atoms with Crippen molar-refractivity contribution in [2.45, 2.75) is 19.4 Å². The second-order valence-corrected chi connectivity index (χ2v) is 3.52. The lowest BCUT2D eigenvalue weighted by Gasteiger charge is -2.29. The van der Waals surface area contributed by atoms with Crippen molar-refractivity contribution in [2.24, 2.45) is 5.92 Å². The van der Waals surface area contributed by atoms with E-state index < -0.39 is 0 Å². The SMILES string of the molecule is C[C@@H]1CNCC[C@@H]1n1cccn1. The summed E-state index contributed by atoms with van der Waals surface area (Å²) in [5.74, 6) is 0.693. The van der Waals surface area contributed by atoms with Gasteiger partial charge in [-0.15, -0.1) is 0 Å². The van der Waals surface area contributed by atoms with E-state index in [0.29, 0.717) is 12.0 Å². The minimum Gasteiger partial charge on any atom is -0.316 e. The van der Waals surface area contributed by atoms with Gasteiger partial charge in [-0.2, -0.15) is 5.10 Å². The van der Waals surface area contributed by atoms with Crippen LogP contribution < -0.4 is 5.32 Å². The Morgan fingerprint density at radius 1 is 1.58 bits per heavy atom. The molecule has 2 heterocycles. The van der Waals surface area contributed by atoms with Crippen molar-refractivity contribution < 1.29 is 0 Å². The quantitative estimate of drug-likeness (QED) is 0.674. The van der Waals surface area contributed by atoms with E-state index in [1.54, 1.807) is 0 Å². The third-order valence-electron chi connectivity index (χ3n) is 2.60. The summed E-state index contributed by atoms with van der Waals surface area (Å²) in [6.45, 7) is 4.51. The molecule has 0 spiro atoms. The molecule has 1 saturated heterocycles. The molecule has 2 atom stereocenters. The predicted molar refractivity (Wildman–Crippen MR) is 47.9 cm³/mol. The lowest BCUT2D eigenvalue weighted by Crippen LogP contribution is -2.36. The van der Waals surface area contributed by atoms with E-state index in [1.165, 1.54) is 6.42 Å². The summed E-state index contributed by atoms with van der Waals surface area (Å²) in [6.07, 6.45) is 5.12. The highest BCUT2D eigenvalue weighted by Gasteiger charge is 2.22. The highest BCUT2D eigenvalue weighted by atomic mass is 15.3. The summed E-state index contributed by atoms with van der Waals surface area (Å²) < 4.78 is 2.09. The van der Waals surface area contributed by atoms with Gasteiger partial charge in [-0.25, -0.2) is 0 Å². The van der Waals surface area contributed by atoms with Gasteiger partial charge in [0.05, 0.1) is 6.04 Å². The fraction of sp³-hybridized carbons (Fsp3) is 0.667. The first-order valence-corrected chi connectivity index (χ1v) is 4.58. The molecule has 12 heavy (non-hydrogen) atoms. The monoisotopic (exact) mass is 165 g/mol. The first-order chi connectivity index (χ1) is 5.88. The van der Waals surface area contributed by atoms with E-state index in [0.717, 1.165) is 13.1 Å². The van der Waals surface area contributed by atoms with Crippen LogP contribution >= 0.6 is 0 Å². The fourth-order valence-corrected chi connectivity index (χ4v) is 1.87. The molecule has 0 aromatic carbocycles. The molecule has 66 valence electrons. The smallest absolute Gasteiger partial charge is 0.0568 e. The lowest BCUT2D eigenvalue weighted by molar-refractivity contribution is 0.255. The molecule has 1 aromatic heterocycles. The van der Waals surface area contributed by atoms with Crippen LogP contribution in [-0.4, -0.2) is 22.9 Å². The first kappa shape index (κ1) is 7.80. The minimum atomic E-state index is 0.598. The van der Waals surface area contributed by atoms with Crippen LogP contribution in [0.4, 0.5) is 0 Å². The molecule has 1 aliphatic rings. The van der Waals surface area contributed by atoms with Crippen molar-refractivity contribution in [1.82, 2.24) is 15.1 Å². The van der Waals surface area contributed by atoms with Gasteiger partial charge in [0.2, 0.25) is 0 Å². The van der Waals surface area contributed by atoms with E-state index in [9.17, 15) is 0 Å². The van der Waals surface area contributed by atoms with Crippen LogP contribution in [0.3, 0.4) is 0 Å². The number of rotatable bonds is 1. The largest absolute Gasteiger partial charge is 0.316 e. The summed E-state index contributed by atoms with van der Waals surface area (Å²) >= 11 is 0. The van der Waals surface area contributed by atoms with E-state index in [4.69, 9.17) is 0 Å². The summed E-state index contributed by atoms with van der Waals surface area (Å²) in [6, 6.07) is 2.59. The van der Waals surface area contributed by atoms with E-state index in [1.807, 2.05) is 12.3 Å². The summed E-state index contributed by atoms with van der Waals surface area (Å²) in [5, 5.41) is 7.66. The molecule has 0 radical (unpaired) electrons. The van der Waals surface area contributed by atoms with Gasteiger partial charge < -0.3 is 5.32 Å². The summed E-state index contributed by atoms with van der Waals surface area (Å²) in [5.41, 5.74) is 0. The number of hydrogen-bond acceptors (Lipinski definition) is 2. The Kier molecular flexibility index (Phi) is 2.13. The van der Waals surface area contributed by atoms with Crippen LogP contribution in [0.5, 0.6) is 0 Å². The number of nitrogens with one attached hydrogen (secondary N) is 1. The van der Waals surface area contributed by atoms with Crippen molar-refractivity contribution >= 4 is 0 Å². The van der Waals surface area contributed by atoms with Gasteiger partial charge >= 0.3 is 0 Å². The van der Waals surface area contributed by atoms with Crippen molar-refractivity contribution in [3.8, 4) is 0 Å². The zero-order valence-corrected chi connectivity index (χ0v) is 7.40. The maximum atomic E-state index is 4.28. The van der Waals surface area contributed by atoms with Gasteiger partial charge in [0.15, 0.2) is 0 Å². The third kappa shape index (κ3) is 1.37. The molecule has 0 unspecified atom stereocenters. The van der Waals surface area contributed by atoms with Gasteiger partial charge in [0.1, 0.15) is 0 Å². The Morgan fingerprint density at radius 3 is 3.17 bits per heavy atom. The van der Waals surface area contributed by atoms with Gasteiger partial charge in [-0.05, 0) is 31.5 Å². The van der Waals surface area contributed by atoms with E-state index in [2.05, 4.69) is 28.2 Å². The molecule has 0 bridgehead atoms. The average molecular weight is 165 g/mol. The van der Waals surface area contributed by atoms with E-state index in [-0.39, 0.29) is 0 Å². The topological polar surface area (TPSA) is 29.9 Å². The Bertz CT molecular complexity index is 230. The standard InChI is InChI=1S/C9H15N3/c1-8-7-10-5-3-9(8)12-6-2-4-11-12/h2,4,6,8-10H,3,5,7H2,1H3/t8-,9+/m1/s1. The van der Waals surface area contributed by atoms with Gasteiger partial charge in [0.25, 0.3) is 0 Å². The molecule has 0 saturated carbocycles. The maximum absolute atomic E-state index is 4.28. The summed E-state index contributed by atoms with van der Waals surface area (Å²) in [7, 11) is 0. The van der Waals surface area contributed by atoms with E-state index >= 15 is 0 Å². The third-order valence-corrected chi connectivity index (χ3v) is 2.60. The van der Waals surface area contributed by atoms with Crippen LogP contribution in [0, 0.1) is 5.92 Å². The van der Waals surface area contributed by atoms with Gasteiger partial charge in [-0.3, -0.25) is 4.68 Å². The maximum Gasteiger partial charge on any atom is 0.0568 e. The number of nitrogens with zero attached hydrogens (tertiary/aromatic N) is 2. The molecule has 1 fully saturated rings. The highest BCUT2D eigenvalue weighted by Crippen LogP contribution is 2.22. The number of hydrogen-bond donors (Lipinski definition) is 1. The Hall–Kier alpha value is -0.830. The molecule has 1 aliphatic heterocycles. The number of aromatic nitrogens is 2. The molecule has 1 N–H and O–H groups in total.